The van der Waals surface area contributed by atoms with Crippen LogP contribution in [0.25, 0.3) is 0 Å². The second-order valence-electron chi connectivity index (χ2n) is 4.47. The van der Waals surface area contributed by atoms with Crippen molar-refractivity contribution in [2.75, 3.05) is 11.9 Å². The average molecular weight is 261 g/mol. The largest absolute Gasteiger partial charge is 0.388 e. The Kier molecular flexibility index (Phi) is 4.39. The summed E-state index contributed by atoms with van der Waals surface area (Å²) in [6, 6.07) is 10.2. The van der Waals surface area contributed by atoms with E-state index in [9.17, 15) is 5.11 Å². The smallest absolute Gasteiger partial charge is 0.0807 e. The van der Waals surface area contributed by atoms with E-state index in [0.717, 1.165) is 24.2 Å². The van der Waals surface area contributed by atoms with E-state index < -0.39 is 0 Å². The van der Waals surface area contributed by atoms with Crippen molar-refractivity contribution in [3.05, 3.63) is 52.2 Å². The summed E-state index contributed by atoms with van der Waals surface area (Å²) in [6.45, 7) is 2.87. The number of anilines is 1. The standard InChI is InChI=1S/C15H19NOS/c1-3-15(17)13-6-4-5-7-14(13)16(2)10-12-8-9-18-11-12/h4-9,11,15,17H,3,10H2,1-2H3/t15-/m0/s1. The van der Waals surface area contributed by atoms with Gasteiger partial charge in [0.05, 0.1) is 6.10 Å². The molecule has 0 aliphatic carbocycles. The molecule has 0 saturated carbocycles. The van der Waals surface area contributed by atoms with E-state index in [1.807, 2.05) is 25.1 Å². The number of hydrogen-bond donors (Lipinski definition) is 1. The van der Waals surface area contributed by atoms with Crippen molar-refractivity contribution in [1.82, 2.24) is 0 Å². The number of thiophene rings is 1. The lowest BCUT2D eigenvalue weighted by Gasteiger charge is -2.24. The zero-order valence-electron chi connectivity index (χ0n) is 10.8. The number of rotatable bonds is 5. The molecule has 0 spiro atoms. The molecule has 1 aromatic carbocycles. The van der Waals surface area contributed by atoms with Gasteiger partial charge in [-0.2, -0.15) is 11.3 Å². The molecule has 0 amide bonds. The van der Waals surface area contributed by atoms with Gasteiger partial charge in [0.1, 0.15) is 0 Å². The third-order valence-corrected chi connectivity index (χ3v) is 3.83. The molecule has 2 rings (SSSR count). The second kappa shape index (κ2) is 6.03. The van der Waals surface area contributed by atoms with Gasteiger partial charge in [-0.15, -0.1) is 0 Å². The van der Waals surface area contributed by atoms with Gasteiger partial charge < -0.3 is 10.0 Å². The summed E-state index contributed by atoms with van der Waals surface area (Å²) in [7, 11) is 2.07. The highest BCUT2D eigenvalue weighted by molar-refractivity contribution is 7.07. The van der Waals surface area contributed by atoms with Gasteiger partial charge in [-0.3, -0.25) is 0 Å². The number of para-hydroxylation sites is 1. The van der Waals surface area contributed by atoms with Gasteiger partial charge in [0.25, 0.3) is 0 Å². The summed E-state index contributed by atoms with van der Waals surface area (Å²) in [5.41, 5.74) is 3.43. The topological polar surface area (TPSA) is 23.5 Å². The summed E-state index contributed by atoms with van der Waals surface area (Å²) in [4.78, 5) is 2.19. The second-order valence-corrected chi connectivity index (χ2v) is 5.25. The van der Waals surface area contributed by atoms with Crippen molar-refractivity contribution in [2.24, 2.45) is 0 Å². The molecule has 3 heteroatoms. The first-order chi connectivity index (χ1) is 8.72. The molecule has 0 aliphatic rings. The monoisotopic (exact) mass is 261 g/mol. The zero-order chi connectivity index (χ0) is 13.0. The zero-order valence-corrected chi connectivity index (χ0v) is 11.7. The van der Waals surface area contributed by atoms with Crippen LogP contribution in [0.1, 0.15) is 30.6 Å². The van der Waals surface area contributed by atoms with E-state index in [-0.39, 0.29) is 6.10 Å². The highest BCUT2D eigenvalue weighted by Crippen LogP contribution is 2.28. The van der Waals surface area contributed by atoms with Gasteiger partial charge in [0, 0.05) is 24.8 Å². The number of aliphatic hydroxyl groups is 1. The van der Waals surface area contributed by atoms with Crippen LogP contribution in [-0.2, 0) is 6.54 Å². The molecule has 1 heterocycles. The van der Waals surface area contributed by atoms with Gasteiger partial charge in [-0.05, 0) is 34.9 Å². The highest BCUT2D eigenvalue weighted by Gasteiger charge is 2.13. The molecule has 0 fully saturated rings. The van der Waals surface area contributed by atoms with Gasteiger partial charge in [0.15, 0.2) is 0 Å². The van der Waals surface area contributed by atoms with Gasteiger partial charge >= 0.3 is 0 Å². The summed E-state index contributed by atoms with van der Waals surface area (Å²) < 4.78 is 0. The molecule has 0 saturated heterocycles. The van der Waals surface area contributed by atoms with E-state index in [4.69, 9.17) is 0 Å². The molecule has 2 aromatic rings. The molecule has 1 atom stereocenters. The highest BCUT2D eigenvalue weighted by atomic mass is 32.1. The molecule has 0 unspecified atom stereocenters. The van der Waals surface area contributed by atoms with E-state index in [1.54, 1.807) is 11.3 Å². The maximum Gasteiger partial charge on any atom is 0.0807 e. The molecule has 0 bridgehead atoms. The van der Waals surface area contributed by atoms with Crippen LogP contribution < -0.4 is 4.90 Å². The first kappa shape index (κ1) is 13.1. The van der Waals surface area contributed by atoms with E-state index >= 15 is 0 Å². The Balaban J connectivity index is 2.21. The molecule has 0 aliphatic heterocycles. The van der Waals surface area contributed by atoms with Crippen LogP contribution >= 0.6 is 11.3 Å². The summed E-state index contributed by atoms with van der Waals surface area (Å²) in [6.07, 6.45) is 0.356. The Hall–Kier alpha value is -1.32. The Morgan fingerprint density at radius 1 is 1.28 bits per heavy atom. The fraction of sp³-hybridized carbons (Fsp3) is 0.333. The normalized spacial score (nSPS) is 12.4. The third-order valence-electron chi connectivity index (χ3n) is 3.09. The summed E-state index contributed by atoms with van der Waals surface area (Å²) in [5, 5.41) is 14.3. The Labute approximate surface area is 113 Å². The number of aliphatic hydroxyl groups excluding tert-OH is 1. The SMILES string of the molecule is CC[C@H](O)c1ccccc1N(C)Cc1ccsc1. The molecule has 96 valence electrons. The van der Waals surface area contributed by atoms with E-state index in [1.165, 1.54) is 5.56 Å². The average Bonchev–Trinajstić information content (AvgIpc) is 2.90. The molecule has 0 radical (unpaired) electrons. The Morgan fingerprint density at radius 3 is 2.72 bits per heavy atom. The Morgan fingerprint density at radius 2 is 2.06 bits per heavy atom. The van der Waals surface area contributed by atoms with Crippen molar-refractivity contribution in [2.45, 2.75) is 26.0 Å². The molecule has 1 aromatic heterocycles. The van der Waals surface area contributed by atoms with Crippen LogP contribution in [0.3, 0.4) is 0 Å². The van der Waals surface area contributed by atoms with Gasteiger partial charge in [-0.1, -0.05) is 25.1 Å². The minimum Gasteiger partial charge on any atom is -0.388 e. The van der Waals surface area contributed by atoms with Crippen molar-refractivity contribution >= 4 is 17.0 Å². The van der Waals surface area contributed by atoms with E-state index in [2.05, 4.69) is 34.8 Å². The number of benzene rings is 1. The summed E-state index contributed by atoms with van der Waals surface area (Å²) in [5.74, 6) is 0. The first-order valence-electron chi connectivity index (χ1n) is 6.21. The predicted molar refractivity (Wildman–Crippen MR) is 78.1 cm³/mol. The van der Waals surface area contributed by atoms with Crippen molar-refractivity contribution < 1.29 is 5.11 Å². The lowest BCUT2D eigenvalue weighted by atomic mass is 10.0. The van der Waals surface area contributed by atoms with Gasteiger partial charge in [0.2, 0.25) is 0 Å². The third kappa shape index (κ3) is 2.92. The number of hydrogen-bond acceptors (Lipinski definition) is 3. The van der Waals surface area contributed by atoms with Crippen LogP contribution in [0.2, 0.25) is 0 Å². The van der Waals surface area contributed by atoms with Crippen molar-refractivity contribution in [3.63, 3.8) is 0 Å². The summed E-state index contributed by atoms with van der Waals surface area (Å²) >= 11 is 1.72. The van der Waals surface area contributed by atoms with Crippen LogP contribution in [0.5, 0.6) is 0 Å². The van der Waals surface area contributed by atoms with Crippen LogP contribution in [0.4, 0.5) is 5.69 Å². The minimum absolute atomic E-state index is 0.383. The lowest BCUT2D eigenvalue weighted by molar-refractivity contribution is 0.174. The van der Waals surface area contributed by atoms with E-state index in [0.29, 0.717) is 0 Å². The fourth-order valence-corrected chi connectivity index (χ4v) is 2.74. The molecule has 1 N–H and O–H groups in total. The quantitative estimate of drug-likeness (QED) is 0.884. The molecule has 18 heavy (non-hydrogen) atoms. The molecular weight excluding hydrogens is 242 g/mol. The first-order valence-corrected chi connectivity index (χ1v) is 7.16. The molecular formula is C15H19NOS. The van der Waals surface area contributed by atoms with Crippen LogP contribution in [0.15, 0.2) is 41.1 Å². The van der Waals surface area contributed by atoms with Crippen LogP contribution in [0, 0.1) is 0 Å². The maximum absolute atomic E-state index is 10.1. The fourth-order valence-electron chi connectivity index (χ4n) is 2.08. The van der Waals surface area contributed by atoms with Gasteiger partial charge in [-0.25, -0.2) is 0 Å². The molecule has 2 nitrogen and oxygen atoms in total. The maximum atomic E-state index is 10.1. The number of nitrogens with zero attached hydrogens (tertiary/aromatic N) is 1. The van der Waals surface area contributed by atoms with Crippen molar-refractivity contribution in [1.29, 1.82) is 0 Å². The van der Waals surface area contributed by atoms with Crippen molar-refractivity contribution in [3.8, 4) is 0 Å². The lowest BCUT2D eigenvalue weighted by Crippen LogP contribution is -2.18. The predicted octanol–water partition coefficient (Wildman–Crippen LogP) is 3.83. The Bertz CT molecular complexity index is 481. The van der Waals surface area contributed by atoms with Crippen LogP contribution in [-0.4, -0.2) is 12.2 Å². The minimum atomic E-state index is -0.383.